The minimum absolute atomic E-state index is 0.00600. The average Bonchev–Trinajstić information content (AvgIpc) is 2.69. The van der Waals surface area contributed by atoms with Crippen molar-refractivity contribution < 1.29 is 14.3 Å². The summed E-state index contributed by atoms with van der Waals surface area (Å²) in [6, 6.07) is 19.9. The van der Waals surface area contributed by atoms with Crippen LogP contribution in [0.15, 0.2) is 71.2 Å². The van der Waals surface area contributed by atoms with Crippen LogP contribution < -0.4 is 10.1 Å². The first-order valence-electron chi connectivity index (χ1n) is 8.98. The summed E-state index contributed by atoms with van der Waals surface area (Å²) in [4.78, 5) is 23.8. The Hall–Kier alpha value is -2.63. The first-order valence-corrected chi connectivity index (χ1v) is 10.1. The van der Waals surface area contributed by atoms with E-state index in [1.54, 1.807) is 24.3 Å². The Morgan fingerprint density at radius 1 is 1.00 bits per heavy atom. The number of Topliss-reactive ketones (excluding diaryl/α,β-unsaturated/α-hetero) is 1. The quantitative estimate of drug-likeness (QED) is 0.425. The molecule has 29 heavy (non-hydrogen) atoms. The van der Waals surface area contributed by atoms with Gasteiger partial charge in [0.05, 0.1) is 6.42 Å². The first kappa shape index (κ1) is 21.1. The highest BCUT2D eigenvalue weighted by atomic mass is 79.9. The summed E-state index contributed by atoms with van der Waals surface area (Å²) in [6.07, 6.45) is 0.203. The van der Waals surface area contributed by atoms with Gasteiger partial charge in [-0.15, -0.1) is 0 Å². The molecule has 0 atom stereocenters. The highest BCUT2D eigenvalue weighted by Crippen LogP contribution is 2.24. The van der Waals surface area contributed by atoms with Gasteiger partial charge in [0.2, 0.25) is 5.91 Å². The molecule has 0 fully saturated rings. The number of ether oxygens (including phenoxy) is 1. The van der Waals surface area contributed by atoms with E-state index < -0.39 is 0 Å². The van der Waals surface area contributed by atoms with Crippen molar-refractivity contribution in [3.8, 4) is 5.75 Å². The topological polar surface area (TPSA) is 55.4 Å². The number of amides is 1. The predicted molar refractivity (Wildman–Crippen MR) is 119 cm³/mol. The van der Waals surface area contributed by atoms with Crippen LogP contribution in [0.25, 0.3) is 0 Å². The third kappa shape index (κ3) is 5.92. The van der Waals surface area contributed by atoms with Gasteiger partial charge in [-0.05, 0) is 42.8 Å². The van der Waals surface area contributed by atoms with E-state index in [0.29, 0.717) is 28.6 Å². The van der Waals surface area contributed by atoms with Crippen LogP contribution in [0, 0.1) is 0 Å². The van der Waals surface area contributed by atoms with Gasteiger partial charge in [-0.1, -0.05) is 63.9 Å². The molecule has 0 saturated heterocycles. The Balaban J connectivity index is 1.61. The molecule has 0 aromatic heterocycles. The molecule has 0 aliphatic heterocycles. The Labute approximate surface area is 183 Å². The third-order valence-corrected chi connectivity index (χ3v) is 5.39. The van der Waals surface area contributed by atoms with Crippen LogP contribution in [0.5, 0.6) is 5.75 Å². The molecule has 1 N–H and O–H groups in total. The van der Waals surface area contributed by atoms with Crippen LogP contribution in [0.2, 0.25) is 5.02 Å². The number of carbonyl (C=O) groups is 2. The lowest BCUT2D eigenvalue weighted by Gasteiger charge is -2.11. The van der Waals surface area contributed by atoms with Crippen molar-refractivity contribution in [3.63, 3.8) is 0 Å². The number of nitrogens with one attached hydrogen (secondary N) is 1. The fraction of sp³-hybridized carbons (Fsp3) is 0.130. The Bertz CT molecular complexity index is 1050. The molecule has 0 heterocycles. The fourth-order valence-electron chi connectivity index (χ4n) is 2.73. The fourth-order valence-corrected chi connectivity index (χ4v) is 3.42. The number of carbonyl (C=O) groups excluding carboxylic acids is 2. The smallest absolute Gasteiger partial charge is 0.228 e. The summed E-state index contributed by atoms with van der Waals surface area (Å²) in [7, 11) is 0. The van der Waals surface area contributed by atoms with E-state index in [4.69, 9.17) is 16.3 Å². The first-order chi connectivity index (χ1) is 13.9. The van der Waals surface area contributed by atoms with E-state index in [2.05, 4.69) is 21.2 Å². The largest absolute Gasteiger partial charge is 0.489 e. The lowest BCUT2D eigenvalue weighted by Crippen LogP contribution is -2.14. The molecule has 3 aromatic carbocycles. The standard InChI is InChI=1S/C23H19BrClNO3/c1-15(27)16-6-4-7-20(11-16)29-14-18-9-10-19(13-21(18)24)26-23(28)12-17-5-2-3-8-22(17)25/h2-11,13H,12,14H2,1H3,(H,26,28). The number of halogens is 2. The minimum Gasteiger partial charge on any atom is -0.489 e. The molecule has 0 spiro atoms. The maximum absolute atomic E-state index is 12.3. The lowest BCUT2D eigenvalue weighted by molar-refractivity contribution is -0.115. The number of hydrogen-bond donors (Lipinski definition) is 1. The highest BCUT2D eigenvalue weighted by molar-refractivity contribution is 9.10. The van der Waals surface area contributed by atoms with E-state index in [9.17, 15) is 9.59 Å². The lowest BCUT2D eigenvalue weighted by atomic mass is 10.1. The third-order valence-electron chi connectivity index (χ3n) is 4.28. The molecule has 0 aliphatic carbocycles. The number of ketones is 1. The van der Waals surface area contributed by atoms with Crippen molar-refractivity contribution in [3.05, 3.63) is 92.9 Å². The van der Waals surface area contributed by atoms with Gasteiger partial charge in [0.25, 0.3) is 0 Å². The van der Waals surface area contributed by atoms with Crippen molar-refractivity contribution in [1.29, 1.82) is 0 Å². The molecule has 3 aromatic rings. The molecule has 3 rings (SSSR count). The second-order valence-corrected chi connectivity index (χ2v) is 7.76. The SMILES string of the molecule is CC(=O)c1cccc(OCc2ccc(NC(=O)Cc3ccccc3Cl)cc2Br)c1. The zero-order chi connectivity index (χ0) is 20.8. The van der Waals surface area contributed by atoms with Crippen LogP contribution in [0.4, 0.5) is 5.69 Å². The second kappa shape index (κ2) is 9.72. The van der Waals surface area contributed by atoms with Crippen LogP contribution >= 0.6 is 27.5 Å². The van der Waals surface area contributed by atoms with Crippen molar-refractivity contribution in [2.45, 2.75) is 20.0 Å². The van der Waals surface area contributed by atoms with Crippen LogP contribution in [-0.4, -0.2) is 11.7 Å². The van der Waals surface area contributed by atoms with Crippen molar-refractivity contribution in [1.82, 2.24) is 0 Å². The van der Waals surface area contributed by atoms with E-state index in [-0.39, 0.29) is 18.1 Å². The van der Waals surface area contributed by atoms with Crippen LogP contribution in [0.3, 0.4) is 0 Å². The minimum atomic E-state index is -0.143. The van der Waals surface area contributed by atoms with Crippen molar-refractivity contribution >= 4 is 44.9 Å². The van der Waals surface area contributed by atoms with E-state index in [1.165, 1.54) is 6.92 Å². The summed E-state index contributed by atoms with van der Waals surface area (Å²) < 4.78 is 6.61. The van der Waals surface area contributed by atoms with E-state index in [1.807, 2.05) is 42.5 Å². The second-order valence-electron chi connectivity index (χ2n) is 6.50. The summed E-state index contributed by atoms with van der Waals surface area (Å²) in [6.45, 7) is 1.85. The predicted octanol–water partition coefficient (Wildman–Crippen LogP) is 6.07. The maximum atomic E-state index is 12.3. The summed E-state index contributed by atoms with van der Waals surface area (Å²) in [5.41, 5.74) is 2.99. The van der Waals surface area contributed by atoms with E-state index >= 15 is 0 Å². The molecular formula is C23H19BrClNO3. The number of benzene rings is 3. The highest BCUT2D eigenvalue weighted by Gasteiger charge is 2.09. The Morgan fingerprint density at radius 3 is 2.52 bits per heavy atom. The van der Waals surface area contributed by atoms with Gasteiger partial charge >= 0.3 is 0 Å². The van der Waals surface area contributed by atoms with E-state index in [0.717, 1.165) is 15.6 Å². The molecule has 0 aliphatic rings. The molecule has 0 unspecified atom stereocenters. The van der Waals surface area contributed by atoms with Gasteiger partial charge in [-0.2, -0.15) is 0 Å². The van der Waals surface area contributed by atoms with Crippen molar-refractivity contribution in [2.24, 2.45) is 0 Å². The molecule has 6 heteroatoms. The summed E-state index contributed by atoms with van der Waals surface area (Å²) in [5, 5.41) is 3.45. The van der Waals surface area contributed by atoms with Gasteiger partial charge in [-0.25, -0.2) is 0 Å². The van der Waals surface area contributed by atoms with Gasteiger partial charge in [0, 0.05) is 26.3 Å². The molecule has 0 bridgehead atoms. The van der Waals surface area contributed by atoms with Gasteiger partial charge < -0.3 is 10.1 Å². The Kier molecular flexibility index (Phi) is 7.07. The zero-order valence-electron chi connectivity index (χ0n) is 15.7. The monoisotopic (exact) mass is 471 g/mol. The molecule has 0 saturated carbocycles. The van der Waals surface area contributed by atoms with Gasteiger partial charge in [-0.3, -0.25) is 9.59 Å². The molecule has 4 nitrogen and oxygen atoms in total. The normalized spacial score (nSPS) is 10.4. The van der Waals surface area contributed by atoms with Crippen LogP contribution in [-0.2, 0) is 17.8 Å². The molecular weight excluding hydrogens is 454 g/mol. The van der Waals surface area contributed by atoms with Crippen LogP contribution in [0.1, 0.15) is 28.4 Å². The van der Waals surface area contributed by atoms with Gasteiger partial charge in [0.1, 0.15) is 12.4 Å². The average molecular weight is 473 g/mol. The van der Waals surface area contributed by atoms with Crippen molar-refractivity contribution in [2.75, 3.05) is 5.32 Å². The number of rotatable bonds is 7. The maximum Gasteiger partial charge on any atom is 0.228 e. The summed E-state index contributed by atoms with van der Waals surface area (Å²) >= 11 is 9.63. The number of hydrogen-bond acceptors (Lipinski definition) is 3. The summed E-state index contributed by atoms with van der Waals surface area (Å²) in [5.74, 6) is 0.477. The molecule has 148 valence electrons. The zero-order valence-corrected chi connectivity index (χ0v) is 18.1. The van der Waals surface area contributed by atoms with Gasteiger partial charge in [0.15, 0.2) is 5.78 Å². The number of anilines is 1. The molecule has 0 radical (unpaired) electrons. The Morgan fingerprint density at radius 2 is 1.79 bits per heavy atom. The molecule has 1 amide bonds.